The first-order chi connectivity index (χ1) is 11.9. The molecule has 5 nitrogen and oxygen atoms in total. The number of nitrogens with one attached hydrogen (secondary N) is 1. The van der Waals surface area contributed by atoms with Gasteiger partial charge in [0, 0.05) is 17.8 Å². The van der Waals surface area contributed by atoms with Gasteiger partial charge in [-0.15, -0.1) is 12.4 Å². The Bertz CT molecular complexity index is 782. The molecule has 1 aromatic carbocycles. The molecule has 1 unspecified atom stereocenters. The van der Waals surface area contributed by atoms with Crippen molar-refractivity contribution in [2.24, 2.45) is 11.7 Å². The molecule has 1 heterocycles. The molecule has 26 heavy (non-hydrogen) atoms. The van der Waals surface area contributed by atoms with Crippen LogP contribution in [-0.2, 0) is 12.8 Å². The van der Waals surface area contributed by atoms with Crippen molar-refractivity contribution < 1.29 is 4.79 Å². The number of fused-ring (bicyclic) bond motifs is 1. The minimum Gasteiger partial charge on any atom is -0.344 e. The Balaban J connectivity index is 0.00000243. The monoisotopic (exact) mass is 376 g/mol. The maximum atomic E-state index is 12.9. The van der Waals surface area contributed by atoms with Crippen molar-refractivity contribution in [1.29, 1.82) is 0 Å². The largest absolute Gasteiger partial charge is 0.344 e. The van der Waals surface area contributed by atoms with Crippen LogP contribution in [0.3, 0.4) is 0 Å². The van der Waals surface area contributed by atoms with Crippen molar-refractivity contribution in [1.82, 2.24) is 15.1 Å². The van der Waals surface area contributed by atoms with E-state index < -0.39 is 5.54 Å². The summed E-state index contributed by atoms with van der Waals surface area (Å²) in [7, 11) is 0. The lowest BCUT2D eigenvalue weighted by atomic mass is 9.88. The number of hydrogen-bond acceptors (Lipinski definition) is 3. The predicted molar refractivity (Wildman–Crippen MR) is 107 cm³/mol. The highest BCUT2D eigenvalue weighted by atomic mass is 35.5. The Hall–Kier alpha value is -1.85. The van der Waals surface area contributed by atoms with Crippen molar-refractivity contribution in [2.45, 2.75) is 52.5 Å². The number of rotatable bonds is 5. The van der Waals surface area contributed by atoms with Crippen molar-refractivity contribution in [2.75, 3.05) is 6.54 Å². The molecule has 0 saturated heterocycles. The van der Waals surface area contributed by atoms with Crippen LogP contribution in [0.25, 0.3) is 5.69 Å². The van der Waals surface area contributed by atoms with Gasteiger partial charge >= 0.3 is 0 Å². The van der Waals surface area contributed by atoms with Gasteiger partial charge in [-0.2, -0.15) is 5.10 Å². The van der Waals surface area contributed by atoms with Gasteiger partial charge in [-0.25, -0.2) is 4.68 Å². The minimum absolute atomic E-state index is 0. The minimum atomic E-state index is -0.434. The fourth-order valence-corrected chi connectivity index (χ4v) is 3.27. The number of nitrogens with two attached hydrogens (primary N) is 1. The highest BCUT2D eigenvalue weighted by molar-refractivity contribution is 5.94. The van der Waals surface area contributed by atoms with Crippen LogP contribution in [-0.4, -0.2) is 27.8 Å². The lowest BCUT2D eigenvalue weighted by Gasteiger charge is -2.33. The number of amides is 1. The summed E-state index contributed by atoms with van der Waals surface area (Å²) >= 11 is 0. The zero-order valence-electron chi connectivity index (χ0n) is 16.0. The molecule has 0 fully saturated rings. The number of aromatic nitrogens is 2. The van der Waals surface area contributed by atoms with Gasteiger partial charge in [0.25, 0.3) is 5.91 Å². The maximum Gasteiger partial charge on any atom is 0.272 e. The van der Waals surface area contributed by atoms with E-state index in [1.165, 1.54) is 5.56 Å². The predicted octanol–water partition coefficient (Wildman–Crippen LogP) is 3.19. The molecule has 0 bridgehead atoms. The molecule has 142 valence electrons. The van der Waals surface area contributed by atoms with Crippen LogP contribution < -0.4 is 11.1 Å². The molecule has 3 rings (SSSR count). The summed E-state index contributed by atoms with van der Waals surface area (Å²) in [6.45, 7) is 8.60. The maximum absolute atomic E-state index is 12.9. The van der Waals surface area contributed by atoms with Crippen LogP contribution in [0.1, 0.15) is 54.5 Å². The second-order valence-corrected chi connectivity index (χ2v) is 7.61. The fraction of sp³-hybridized carbons (Fsp3) is 0.500. The smallest absolute Gasteiger partial charge is 0.272 e. The van der Waals surface area contributed by atoms with E-state index in [1.54, 1.807) is 0 Å². The lowest BCUT2D eigenvalue weighted by molar-refractivity contribution is 0.0876. The van der Waals surface area contributed by atoms with E-state index in [9.17, 15) is 4.79 Å². The molecule has 1 amide bonds. The summed E-state index contributed by atoms with van der Waals surface area (Å²) in [5, 5.41) is 7.80. The number of aryl methyl sites for hydroxylation is 1. The molecular weight excluding hydrogens is 348 g/mol. The highest BCUT2D eigenvalue weighted by Crippen LogP contribution is 2.28. The van der Waals surface area contributed by atoms with Crippen molar-refractivity contribution in [3.63, 3.8) is 0 Å². The number of nitrogens with zero attached hydrogens (tertiary/aromatic N) is 2. The summed E-state index contributed by atoms with van der Waals surface area (Å²) in [6.07, 6.45) is 2.93. The number of halogens is 1. The van der Waals surface area contributed by atoms with E-state index >= 15 is 0 Å². The first-order valence-electron chi connectivity index (χ1n) is 9.06. The third kappa shape index (κ3) is 3.64. The SMILES string of the molecule is Cc1ccc(-n2nc(C(=O)NC(C)(CN)C(C)C)c3c2CCC3)cc1.Cl. The van der Waals surface area contributed by atoms with Crippen molar-refractivity contribution in [3.05, 3.63) is 46.8 Å². The molecule has 3 N–H and O–H groups in total. The zero-order valence-corrected chi connectivity index (χ0v) is 16.8. The molecule has 0 spiro atoms. The molecule has 1 aromatic heterocycles. The van der Waals surface area contributed by atoms with Crippen LogP contribution in [0.2, 0.25) is 0 Å². The van der Waals surface area contributed by atoms with Gasteiger partial charge in [0.1, 0.15) is 0 Å². The summed E-state index contributed by atoms with van der Waals surface area (Å²) in [5.41, 5.74) is 10.5. The Morgan fingerprint density at radius 2 is 1.96 bits per heavy atom. The van der Waals surface area contributed by atoms with E-state index in [1.807, 2.05) is 11.6 Å². The quantitative estimate of drug-likeness (QED) is 0.841. The van der Waals surface area contributed by atoms with Gasteiger partial charge in [0.15, 0.2) is 5.69 Å². The molecule has 1 aliphatic carbocycles. The standard InChI is InChI=1S/C20H28N4O.ClH/c1-13(2)20(4,12-21)22-19(25)18-16-6-5-7-17(16)24(23-18)15-10-8-14(3)9-11-15;/h8-11,13H,5-7,12,21H2,1-4H3,(H,22,25);1H. The third-order valence-corrected chi connectivity index (χ3v) is 5.52. The molecule has 0 aliphatic heterocycles. The molecule has 6 heteroatoms. The van der Waals surface area contributed by atoms with Gasteiger partial charge in [-0.1, -0.05) is 31.5 Å². The molecular formula is C20H29ClN4O. The third-order valence-electron chi connectivity index (χ3n) is 5.52. The van der Waals surface area contributed by atoms with Crippen LogP contribution >= 0.6 is 12.4 Å². The lowest BCUT2D eigenvalue weighted by Crippen LogP contribution is -2.55. The van der Waals surface area contributed by atoms with Crippen molar-refractivity contribution in [3.8, 4) is 5.69 Å². The molecule has 1 aliphatic rings. The number of hydrogen-bond donors (Lipinski definition) is 2. The highest BCUT2D eigenvalue weighted by Gasteiger charge is 2.33. The summed E-state index contributed by atoms with van der Waals surface area (Å²) in [6, 6.07) is 8.26. The summed E-state index contributed by atoms with van der Waals surface area (Å²) < 4.78 is 1.94. The average molecular weight is 377 g/mol. The van der Waals surface area contributed by atoms with Crippen LogP contribution in [0.5, 0.6) is 0 Å². The summed E-state index contributed by atoms with van der Waals surface area (Å²) in [5.74, 6) is 0.124. The second kappa shape index (κ2) is 7.80. The average Bonchev–Trinajstić information content (AvgIpc) is 3.17. The fourth-order valence-electron chi connectivity index (χ4n) is 3.27. The number of benzene rings is 1. The first-order valence-corrected chi connectivity index (χ1v) is 9.06. The second-order valence-electron chi connectivity index (χ2n) is 7.61. The Kier molecular flexibility index (Phi) is 6.14. The van der Waals surface area contributed by atoms with E-state index in [0.717, 1.165) is 36.2 Å². The van der Waals surface area contributed by atoms with Gasteiger partial charge in [-0.3, -0.25) is 4.79 Å². The molecule has 1 atom stereocenters. The van der Waals surface area contributed by atoms with E-state index in [0.29, 0.717) is 12.2 Å². The molecule has 2 aromatic rings. The molecule has 0 radical (unpaired) electrons. The van der Waals surface area contributed by atoms with Gasteiger partial charge in [0.05, 0.1) is 11.2 Å². The summed E-state index contributed by atoms with van der Waals surface area (Å²) in [4.78, 5) is 12.9. The van der Waals surface area contributed by atoms with Crippen LogP contribution in [0.4, 0.5) is 0 Å². The van der Waals surface area contributed by atoms with Crippen LogP contribution in [0.15, 0.2) is 24.3 Å². The van der Waals surface area contributed by atoms with Gasteiger partial charge in [-0.05, 0) is 51.2 Å². The normalized spacial score (nSPS) is 15.3. The Morgan fingerprint density at radius 1 is 1.31 bits per heavy atom. The van der Waals surface area contributed by atoms with E-state index in [4.69, 9.17) is 5.73 Å². The van der Waals surface area contributed by atoms with E-state index in [2.05, 4.69) is 55.5 Å². The zero-order chi connectivity index (χ0) is 18.2. The first kappa shape index (κ1) is 20.5. The number of carbonyl (C=O) groups is 1. The topological polar surface area (TPSA) is 72.9 Å². The van der Waals surface area contributed by atoms with Crippen molar-refractivity contribution >= 4 is 18.3 Å². The Labute approximate surface area is 161 Å². The van der Waals surface area contributed by atoms with E-state index in [-0.39, 0.29) is 24.2 Å². The molecule has 0 saturated carbocycles. The number of carbonyl (C=O) groups excluding carboxylic acids is 1. The van der Waals surface area contributed by atoms with Gasteiger partial charge in [0.2, 0.25) is 0 Å². The van der Waals surface area contributed by atoms with Gasteiger partial charge < -0.3 is 11.1 Å². The van der Waals surface area contributed by atoms with Crippen LogP contribution in [0, 0.1) is 12.8 Å². The Morgan fingerprint density at radius 3 is 2.54 bits per heavy atom.